The molecule has 1 N–H and O–H groups in total. The lowest BCUT2D eigenvalue weighted by molar-refractivity contribution is 0.786. The molecule has 88 valence electrons. The third-order valence-electron chi connectivity index (χ3n) is 2.83. The molecule has 17 heavy (non-hydrogen) atoms. The number of aryl methyl sites for hydroxylation is 1. The van der Waals surface area contributed by atoms with Crippen molar-refractivity contribution in [3.63, 3.8) is 0 Å². The molecule has 0 fully saturated rings. The van der Waals surface area contributed by atoms with Crippen LogP contribution in [0.3, 0.4) is 0 Å². The zero-order chi connectivity index (χ0) is 12.4. The van der Waals surface area contributed by atoms with Crippen LogP contribution in [-0.2, 0) is 6.54 Å². The number of hydrogen-bond acceptors (Lipinski definition) is 3. The summed E-state index contributed by atoms with van der Waals surface area (Å²) in [5.74, 6) is 0.736. The molecule has 4 heteroatoms. The highest BCUT2D eigenvalue weighted by Crippen LogP contribution is 2.22. The van der Waals surface area contributed by atoms with E-state index in [0.717, 1.165) is 23.4 Å². The molecule has 0 saturated heterocycles. The highest BCUT2D eigenvalue weighted by molar-refractivity contribution is 5.91. The van der Waals surface area contributed by atoms with Crippen molar-refractivity contribution in [3.05, 3.63) is 40.8 Å². The Kier molecular flexibility index (Phi) is 2.95. The summed E-state index contributed by atoms with van der Waals surface area (Å²) in [5.41, 5.74) is 1.74. The average Bonchev–Trinajstić information content (AvgIpc) is 2.38. The van der Waals surface area contributed by atoms with Crippen LogP contribution in [0.4, 0.5) is 5.82 Å². The van der Waals surface area contributed by atoms with Crippen molar-refractivity contribution in [1.82, 2.24) is 9.55 Å². The molecule has 0 radical (unpaired) electrons. The molecule has 0 atom stereocenters. The lowest BCUT2D eigenvalue weighted by atomic mass is 10.1. The molecule has 0 bridgehead atoms. The van der Waals surface area contributed by atoms with E-state index in [1.165, 1.54) is 0 Å². The van der Waals surface area contributed by atoms with Crippen LogP contribution in [0, 0.1) is 0 Å². The fourth-order valence-corrected chi connectivity index (χ4v) is 1.98. The van der Waals surface area contributed by atoms with Gasteiger partial charge in [0.2, 0.25) is 0 Å². The third kappa shape index (κ3) is 1.71. The van der Waals surface area contributed by atoms with Gasteiger partial charge in [0.25, 0.3) is 0 Å². The summed E-state index contributed by atoms with van der Waals surface area (Å²) in [6.45, 7) is 6.63. The van der Waals surface area contributed by atoms with Crippen LogP contribution in [-0.4, -0.2) is 16.6 Å². The molecule has 0 amide bonds. The summed E-state index contributed by atoms with van der Waals surface area (Å²) in [6.07, 6.45) is 5.15. The van der Waals surface area contributed by atoms with Crippen LogP contribution >= 0.6 is 0 Å². The van der Waals surface area contributed by atoms with Gasteiger partial charge in [-0.3, -0.25) is 4.79 Å². The SMILES string of the molecule is C=Cc1c(NC)ncc2c(=O)ccn(CC)c12. The van der Waals surface area contributed by atoms with E-state index in [-0.39, 0.29) is 5.43 Å². The van der Waals surface area contributed by atoms with Crippen LogP contribution in [0.1, 0.15) is 12.5 Å². The van der Waals surface area contributed by atoms with Crippen molar-refractivity contribution >= 4 is 22.8 Å². The normalized spacial score (nSPS) is 10.5. The van der Waals surface area contributed by atoms with Crippen LogP contribution in [0.2, 0.25) is 0 Å². The second-order valence-electron chi connectivity index (χ2n) is 3.70. The van der Waals surface area contributed by atoms with Crippen LogP contribution < -0.4 is 10.7 Å². The van der Waals surface area contributed by atoms with Crippen molar-refractivity contribution in [3.8, 4) is 0 Å². The number of rotatable bonds is 3. The molecule has 2 heterocycles. The topological polar surface area (TPSA) is 46.9 Å². The van der Waals surface area contributed by atoms with Gasteiger partial charge in [-0.15, -0.1) is 0 Å². The summed E-state index contributed by atoms with van der Waals surface area (Å²) in [7, 11) is 1.80. The van der Waals surface area contributed by atoms with Crippen molar-refractivity contribution in [1.29, 1.82) is 0 Å². The van der Waals surface area contributed by atoms with Crippen molar-refractivity contribution in [2.24, 2.45) is 0 Å². The Balaban J connectivity index is 3.00. The second-order valence-corrected chi connectivity index (χ2v) is 3.70. The molecule has 0 aliphatic rings. The zero-order valence-electron chi connectivity index (χ0n) is 10.0. The highest BCUT2D eigenvalue weighted by Gasteiger charge is 2.10. The number of nitrogens with zero attached hydrogens (tertiary/aromatic N) is 2. The van der Waals surface area contributed by atoms with Gasteiger partial charge in [0.15, 0.2) is 5.43 Å². The maximum atomic E-state index is 11.8. The molecule has 2 rings (SSSR count). The third-order valence-corrected chi connectivity index (χ3v) is 2.83. The van der Waals surface area contributed by atoms with Gasteiger partial charge in [0, 0.05) is 37.6 Å². The van der Waals surface area contributed by atoms with E-state index in [2.05, 4.69) is 16.9 Å². The van der Waals surface area contributed by atoms with Crippen LogP contribution in [0.15, 0.2) is 29.8 Å². The van der Waals surface area contributed by atoms with E-state index in [1.54, 1.807) is 31.6 Å². The van der Waals surface area contributed by atoms with E-state index >= 15 is 0 Å². The zero-order valence-corrected chi connectivity index (χ0v) is 10.0. The summed E-state index contributed by atoms with van der Waals surface area (Å²) in [5, 5.41) is 3.64. The molecule has 2 aromatic heterocycles. The van der Waals surface area contributed by atoms with Gasteiger partial charge in [-0.1, -0.05) is 12.7 Å². The average molecular weight is 229 g/mol. The summed E-state index contributed by atoms with van der Waals surface area (Å²) < 4.78 is 2.02. The van der Waals surface area contributed by atoms with E-state index in [9.17, 15) is 4.79 Å². The Morgan fingerprint density at radius 2 is 2.35 bits per heavy atom. The van der Waals surface area contributed by atoms with Gasteiger partial charge in [-0.25, -0.2) is 4.98 Å². The van der Waals surface area contributed by atoms with Gasteiger partial charge >= 0.3 is 0 Å². The van der Waals surface area contributed by atoms with Crippen molar-refractivity contribution in [2.75, 3.05) is 12.4 Å². The maximum Gasteiger partial charge on any atom is 0.190 e. The minimum Gasteiger partial charge on any atom is -0.373 e. The van der Waals surface area contributed by atoms with Crippen molar-refractivity contribution in [2.45, 2.75) is 13.5 Å². The van der Waals surface area contributed by atoms with Gasteiger partial charge in [-0.2, -0.15) is 0 Å². The first-order valence-corrected chi connectivity index (χ1v) is 5.55. The monoisotopic (exact) mass is 229 g/mol. The molecule has 0 aliphatic carbocycles. The minimum atomic E-state index is -0.0112. The lowest BCUT2D eigenvalue weighted by Crippen LogP contribution is -2.10. The molecule has 0 unspecified atom stereocenters. The molecular formula is C13H15N3O. The smallest absolute Gasteiger partial charge is 0.190 e. The van der Waals surface area contributed by atoms with Gasteiger partial charge in [-0.05, 0) is 6.92 Å². The Labute approximate surface area is 99.6 Å². The Hall–Kier alpha value is -2.10. The van der Waals surface area contributed by atoms with E-state index in [4.69, 9.17) is 0 Å². The summed E-state index contributed by atoms with van der Waals surface area (Å²) in [6, 6.07) is 1.57. The number of aromatic nitrogens is 2. The lowest BCUT2D eigenvalue weighted by Gasteiger charge is -2.13. The molecule has 0 aromatic carbocycles. The Morgan fingerprint density at radius 3 is 2.94 bits per heavy atom. The summed E-state index contributed by atoms with van der Waals surface area (Å²) >= 11 is 0. The summed E-state index contributed by atoms with van der Waals surface area (Å²) in [4.78, 5) is 16.0. The van der Waals surface area contributed by atoms with Crippen LogP contribution in [0.25, 0.3) is 17.0 Å². The fourth-order valence-electron chi connectivity index (χ4n) is 1.98. The molecule has 0 spiro atoms. The maximum absolute atomic E-state index is 11.8. The predicted molar refractivity (Wildman–Crippen MR) is 71.3 cm³/mol. The molecular weight excluding hydrogens is 214 g/mol. The number of nitrogens with one attached hydrogen (secondary N) is 1. The van der Waals surface area contributed by atoms with E-state index in [1.807, 2.05) is 11.5 Å². The number of pyridine rings is 2. The highest BCUT2D eigenvalue weighted by atomic mass is 16.1. The minimum absolute atomic E-state index is 0.0112. The van der Waals surface area contributed by atoms with Gasteiger partial charge in [0.05, 0.1) is 10.9 Å². The predicted octanol–water partition coefficient (Wildman–Crippen LogP) is 2.10. The van der Waals surface area contributed by atoms with Crippen molar-refractivity contribution < 1.29 is 0 Å². The van der Waals surface area contributed by atoms with Crippen LogP contribution in [0.5, 0.6) is 0 Å². The van der Waals surface area contributed by atoms with E-state index in [0.29, 0.717) is 5.39 Å². The van der Waals surface area contributed by atoms with Gasteiger partial charge < -0.3 is 9.88 Å². The molecule has 0 saturated carbocycles. The molecule has 0 aliphatic heterocycles. The first-order chi connectivity index (χ1) is 8.22. The largest absolute Gasteiger partial charge is 0.373 e. The Morgan fingerprint density at radius 1 is 1.59 bits per heavy atom. The first-order valence-electron chi connectivity index (χ1n) is 5.55. The molecule has 2 aromatic rings. The second kappa shape index (κ2) is 4.41. The van der Waals surface area contributed by atoms with Gasteiger partial charge in [0.1, 0.15) is 5.82 Å². The number of hydrogen-bond donors (Lipinski definition) is 1. The first kappa shape index (κ1) is 11.4. The quantitative estimate of drug-likeness (QED) is 0.876. The number of anilines is 1. The fraction of sp³-hybridized carbons (Fsp3) is 0.231. The standard InChI is InChI=1S/C13H15N3O/c1-4-9-12-10(8-15-13(9)14-3)11(17)6-7-16(12)5-2/h4,6-8H,1,5H2,2-3H3,(H,14,15). The van der Waals surface area contributed by atoms with E-state index < -0.39 is 0 Å². The molecule has 4 nitrogen and oxygen atoms in total. The Bertz CT molecular complexity index is 628. The number of fused-ring (bicyclic) bond motifs is 1.